The number of hydrogen-bond donors (Lipinski definition) is 0. The number of rotatable bonds is 4. The van der Waals surface area contributed by atoms with E-state index >= 15 is 0 Å². The Labute approximate surface area is 96.1 Å². The molecule has 6 heteroatoms. The first-order chi connectivity index (χ1) is 7.90. The van der Waals surface area contributed by atoms with Crippen LogP contribution in [0.5, 0.6) is 5.75 Å². The summed E-state index contributed by atoms with van der Waals surface area (Å²) in [6, 6.07) is 2.85. The Morgan fingerprint density at radius 2 is 1.94 bits per heavy atom. The molecular weight excluding hydrogens is 240 g/mol. The lowest BCUT2D eigenvalue weighted by atomic mass is 10.1. The molecule has 0 saturated heterocycles. The normalized spacial score (nSPS) is 13.5. The number of methoxy groups -OCH3 is 1. The van der Waals surface area contributed by atoms with Crippen LogP contribution in [0.4, 0.5) is 17.6 Å². The van der Waals surface area contributed by atoms with Crippen LogP contribution >= 0.6 is 0 Å². The van der Waals surface area contributed by atoms with E-state index in [4.69, 9.17) is 4.74 Å². The van der Waals surface area contributed by atoms with Crippen molar-refractivity contribution in [1.82, 2.24) is 0 Å². The Kier molecular flexibility index (Phi) is 4.34. The average Bonchev–Trinajstić information content (AvgIpc) is 2.25. The van der Waals surface area contributed by atoms with E-state index in [2.05, 4.69) is 4.74 Å². The standard InChI is InChI=1S/C11H12F4O2/c1-3-17-10(11(13,14)15)8-5-4-7(12)6-9(8)16-2/h4-6,10H,3H2,1-2H3. The number of hydrogen-bond acceptors (Lipinski definition) is 2. The summed E-state index contributed by atoms with van der Waals surface area (Å²) < 4.78 is 60.5. The van der Waals surface area contributed by atoms with Crippen molar-refractivity contribution in [2.75, 3.05) is 13.7 Å². The molecule has 0 N–H and O–H groups in total. The molecule has 2 nitrogen and oxygen atoms in total. The van der Waals surface area contributed by atoms with Gasteiger partial charge in [0.15, 0.2) is 6.10 Å². The van der Waals surface area contributed by atoms with Crippen LogP contribution in [-0.2, 0) is 4.74 Å². The van der Waals surface area contributed by atoms with Crippen molar-refractivity contribution in [1.29, 1.82) is 0 Å². The van der Waals surface area contributed by atoms with Gasteiger partial charge in [0.05, 0.1) is 7.11 Å². The minimum Gasteiger partial charge on any atom is -0.496 e. The highest BCUT2D eigenvalue weighted by Crippen LogP contribution is 2.39. The highest BCUT2D eigenvalue weighted by atomic mass is 19.4. The zero-order valence-corrected chi connectivity index (χ0v) is 9.34. The molecule has 0 heterocycles. The van der Waals surface area contributed by atoms with Gasteiger partial charge in [-0.05, 0) is 19.1 Å². The number of benzene rings is 1. The molecule has 0 spiro atoms. The largest absolute Gasteiger partial charge is 0.496 e. The van der Waals surface area contributed by atoms with Gasteiger partial charge in [-0.15, -0.1) is 0 Å². The molecule has 0 amide bonds. The molecule has 1 aromatic rings. The van der Waals surface area contributed by atoms with Gasteiger partial charge < -0.3 is 9.47 Å². The van der Waals surface area contributed by atoms with Crippen LogP contribution in [0.15, 0.2) is 18.2 Å². The minimum atomic E-state index is -4.57. The molecule has 96 valence electrons. The van der Waals surface area contributed by atoms with Crippen molar-refractivity contribution in [2.45, 2.75) is 19.2 Å². The SMILES string of the molecule is CCOC(c1ccc(F)cc1OC)C(F)(F)F. The topological polar surface area (TPSA) is 18.5 Å². The fourth-order valence-electron chi connectivity index (χ4n) is 1.43. The molecule has 1 unspecified atom stereocenters. The van der Waals surface area contributed by atoms with E-state index in [9.17, 15) is 17.6 Å². The minimum absolute atomic E-state index is 0.106. The molecule has 0 radical (unpaired) electrons. The maximum Gasteiger partial charge on any atom is 0.418 e. The Morgan fingerprint density at radius 1 is 1.29 bits per heavy atom. The van der Waals surface area contributed by atoms with Gasteiger partial charge in [-0.3, -0.25) is 0 Å². The van der Waals surface area contributed by atoms with Crippen molar-refractivity contribution >= 4 is 0 Å². The molecule has 0 aliphatic carbocycles. The van der Waals surface area contributed by atoms with Gasteiger partial charge in [-0.2, -0.15) is 13.2 Å². The molecule has 1 aromatic carbocycles. The number of alkyl halides is 3. The Balaban J connectivity index is 3.18. The molecule has 0 bridgehead atoms. The zero-order chi connectivity index (χ0) is 13.1. The molecule has 0 saturated carbocycles. The second kappa shape index (κ2) is 5.35. The fourth-order valence-corrected chi connectivity index (χ4v) is 1.43. The van der Waals surface area contributed by atoms with Crippen LogP contribution in [0, 0.1) is 5.82 Å². The fraction of sp³-hybridized carbons (Fsp3) is 0.455. The van der Waals surface area contributed by atoms with Gasteiger partial charge in [0.2, 0.25) is 0 Å². The Hall–Kier alpha value is -1.30. The third-order valence-corrected chi connectivity index (χ3v) is 2.11. The second-order valence-electron chi connectivity index (χ2n) is 3.26. The van der Waals surface area contributed by atoms with Gasteiger partial charge >= 0.3 is 6.18 Å². The van der Waals surface area contributed by atoms with Crippen molar-refractivity contribution < 1.29 is 27.0 Å². The van der Waals surface area contributed by atoms with Crippen LogP contribution in [0.2, 0.25) is 0 Å². The lowest BCUT2D eigenvalue weighted by molar-refractivity contribution is -0.223. The molecule has 0 aliphatic rings. The number of ether oxygens (including phenoxy) is 2. The predicted molar refractivity (Wildman–Crippen MR) is 53.4 cm³/mol. The van der Waals surface area contributed by atoms with Crippen molar-refractivity contribution in [2.24, 2.45) is 0 Å². The molecule has 0 fully saturated rings. The maximum absolute atomic E-state index is 12.9. The Morgan fingerprint density at radius 3 is 2.41 bits per heavy atom. The zero-order valence-electron chi connectivity index (χ0n) is 9.34. The summed E-state index contributed by atoms with van der Waals surface area (Å²) in [6.45, 7) is 1.35. The van der Waals surface area contributed by atoms with Crippen molar-refractivity contribution in [3.63, 3.8) is 0 Å². The summed E-state index contributed by atoms with van der Waals surface area (Å²) in [5.41, 5.74) is -0.233. The summed E-state index contributed by atoms with van der Waals surface area (Å²) in [4.78, 5) is 0. The van der Waals surface area contributed by atoms with Crippen LogP contribution in [0.1, 0.15) is 18.6 Å². The predicted octanol–water partition coefficient (Wildman–Crippen LogP) is 3.47. The van der Waals surface area contributed by atoms with Gasteiger partial charge in [0.25, 0.3) is 0 Å². The van der Waals surface area contributed by atoms with E-state index in [1.165, 1.54) is 14.0 Å². The highest BCUT2D eigenvalue weighted by Gasteiger charge is 2.43. The summed E-state index contributed by atoms with van der Waals surface area (Å²) in [5.74, 6) is -0.844. The van der Waals surface area contributed by atoms with E-state index in [1.807, 2.05) is 0 Å². The first kappa shape index (κ1) is 13.8. The van der Waals surface area contributed by atoms with E-state index in [-0.39, 0.29) is 17.9 Å². The lowest BCUT2D eigenvalue weighted by Gasteiger charge is -2.22. The third kappa shape index (κ3) is 3.33. The van der Waals surface area contributed by atoms with Gasteiger partial charge in [0.1, 0.15) is 11.6 Å². The molecular formula is C11H12F4O2. The van der Waals surface area contributed by atoms with Crippen LogP contribution in [0.3, 0.4) is 0 Å². The summed E-state index contributed by atoms with van der Waals surface area (Å²) in [6.07, 6.45) is -6.68. The van der Waals surface area contributed by atoms with Gasteiger partial charge in [-0.1, -0.05) is 0 Å². The Bertz CT molecular complexity index is 376. The average molecular weight is 252 g/mol. The van der Waals surface area contributed by atoms with Crippen LogP contribution in [0.25, 0.3) is 0 Å². The first-order valence-corrected chi connectivity index (χ1v) is 4.92. The lowest BCUT2D eigenvalue weighted by Crippen LogP contribution is -2.24. The number of halogens is 4. The van der Waals surface area contributed by atoms with Gasteiger partial charge in [-0.25, -0.2) is 4.39 Å². The quantitative estimate of drug-likeness (QED) is 0.764. The van der Waals surface area contributed by atoms with E-state index in [0.29, 0.717) is 0 Å². The van der Waals surface area contributed by atoms with E-state index in [0.717, 1.165) is 18.2 Å². The monoisotopic (exact) mass is 252 g/mol. The molecule has 0 aromatic heterocycles. The maximum atomic E-state index is 12.9. The van der Waals surface area contributed by atoms with Crippen molar-refractivity contribution in [3.8, 4) is 5.75 Å². The highest BCUT2D eigenvalue weighted by molar-refractivity contribution is 5.36. The first-order valence-electron chi connectivity index (χ1n) is 4.92. The molecule has 0 aliphatic heterocycles. The van der Waals surface area contributed by atoms with E-state index in [1.54, 1.807) is 0 Å². The molecule has 1 atom stereocenters. The van der Waals surface area contributed by atoms with Crippen LogP contribution < -0.4 is 4.74 Å². The smallest absolute Gasteiger partial charge is 0.418 e. The van der Waals surface area contributed by atoms with Gasteiger partial charge in [0, 0.05) is 18.2 Å². The van der Waals surface area contributed by atoms with Crippen molar-refractivity contribution in [3.05, 3.63) is 29.6 Å². The summed E-state index contributed by atoms with van der Waals surface area (Å²) in [7, 11) is 1.18. The summed E-state index contributed by atoms with van der Waals surface area (Å²) >= 11 is 0. The molecule has 17 heavy (non-hydrogen) atoms. The third-order valence-electron chi connectivity index (χ3n) is 2.11. The second-order valence-corrected chi connectivity index (χ2v) is 3.26. The molecule has 1 rings (SSSR count). The summed E-state index contributed by atoms with van der Waals surface area (Å²) in [5, 5.41) is 0. The van der Waals surface area contributed by atoms with Crippen LogP contribution in [-0.4, -0.2) is 19.9 Å². The van der Waals surface area contributed by atoms with E-state index < -0.39 is 18.1 Å².